The molecule has 0 fully saturated rings. The minimum absolute atomic E-state index is 0. The van der Waals surface area contributed by atoms with Gasteiger partial charge in [-0.1, -0.05) is 99.1 Å². The summed E-state index contributed by atoms with van der Waals surface area (Å²) in [6, 6.07) is 23.0. The van der Waals surface area contributed by atoms with Crippen molar-refractivity contribution in [3.8, 4) is 21.8 Å². The Labute approximate surface area is 310 Å². The molecule has 1 N–H and O–H groups in total. The van der Waals surface area contributed by atoms with Crippen molar-refractivity contribution in [2.24, 2.45) is 10.8 Å². The van der Waals surface area contributed by atoms with Crippen LogP contribution in [0.1, 0.15) is 118 Å². The van der Waals surface area contributed by atoms with Crippen LogP contribution in [0.2, 0.25) is 0 Å². The van der Waals surface area contributed by atoms with Crippen molar-refractivity contribution in [3.63, 3.8) is 0 Å². The molecule has 0 unspecified atom stereocenters. The molecule has 0 bridgehead atoms. The SMILES string of the molecule is CC(C)c1ccc2nc(-c3[c-]ccc4c3C(C)(C)c3c-4sc4ccccc34)ncc2c1.CCC(C)(CC)C(=O)/C=C(\O)C(C)(CC)CC.[Ir]. The van der Waals surface area contributed by atoms with Crippen LogP contribution in [-0.2, 0) is 30.3 Å². The zero-order valence-electron chi connectivity index (χ0n) is 30.7. The number of carbonyl (C=O) groups is 1. The first kappa shape index (κ1) is 38.6. The van der Waals surface area contributed by atoms with Gasteiger partial charge in [0.25, 0.3) is 0 Å². The average Bonchev–Trinajstić information content (AvgIpc) is 3.60. The van der Waals surface area contributed by atoms with E-state index in [-0.39, 0.29) is 47.9 Å². The van der Waals surface area contributed by atoms with Crippen molar-refractivity contribution >= 4 is 38.1 Å². The van der Waals surface area contributed by atoms with Crippen LogP contribution in [-0.4, -0.2) is 20.9 Å². The number of aromatic nitrogens is 2. The van der Waals surface area contributed by atoms with Gasteiger partial charge in [0, 0.05) is 58.2 Å². The van der Waals surface area contributed by atoms with Gasteiger partial charge in [-0.25, -0.2) is 0 Å². The minimum Gasteiger partial charge on any atom is -0.512 e. The molecule has 3 aromatic carbocycles. The number of carbonyl (C=O) groups excluding carboxylic acids is 1. The average molecular weight is 852 g/mol. The second-order valence-corrected chi connectivity index (χ2v) is 15.7. The molecule has 6 rings (SSSR count). The van der Waals surface area contributed by atoms with Crippen LogP contribution in [0.3, 0.4) is 0 Å². The molecule has 49 heavy (non-hydrogen) atoms. The van der Waals surface area contributed by atoms with E-state index < -0.39 is 0 Å². The molecule has 2 aromatic heterocycles. The van der Waals surface area contributed by atoms with Crippen molar-refractivity contribution < 1.29 is 30.0 Å². The molecule has 0 atom stereocenters. The summed E-state index contributed by atoms with van der Waals surface area (Å²) in [6.07, 6.45) is 6.72. The van der Waals surface area contributed by atoms with Crippen LogP contribution in [0.4, 0.5) is 0 Å². The Morgan fingerprint density at radius 1 is 0.959 bits per heavy atom. The van der Waals surface area contributed by atoms with Gasteiger partial charge < -0.3 is 5.11 Å². The zero-order chi connectivity index (χ0) is 35.0. The second-order valence-electron chi connectivity index (χ2n) is 14.7. The van der Waals surface area contributed by atoms with Gasteiger partial charge in [0.15, 0.2) is 5.78 Å². The fourth-order valence-corrected chi connectivity index (χ4v) is 8.10. The molecule has 0 amide bonds. The molecule has 5 aromatic rings. The van der Waals surface area contributed by atoms with E-state index in [9.17, 15) is 9.90 Å². The first-order valence-electron chi connectivity index (χ1n) is 17.5. The topological polar surface area (TPSA) is 63.1 Å². The van der Waals surface area contributed by atoms with E-state index in [2.05, 4.69) is 82.3 Å². The third-order valence-corrected chi connectivity index (χ3v) is 12.4. The summed E-state index contributed by atoms with van der Waals surface area (Å²) < 4.78 is 1.35. The molecule has 1 aliphatic rings. The number of benzene rings is 3. The van der Waals surface area contributed by atoms with Crippen LogP contribution in [0.15, 0.2) is 72.6 Å². The molecule has 0 aliphatic heterocycles. The van der Waals surface area contributed by atoms with Crippen LogP contribution in [0.25, 0.3) is 42.8 Å². The van der Waals surface area contributed by atoms with E-state index in [1.807, 2.05) is 65.1 Å². The Bertz CT molecular complexity index is 2000. The summed E-state index contributed by atoms with van der Waals surface area (Å²) in [5.74, 6) is 1.53. The summed E-state index contributed by atoms with van der Waals surface area (Å²) in [5, 5.41) is 12.6. The number of hydrogen-bond donors (Lipinski definition) is 1. The fraction of sp³-hybridized carbons (Fsp3) is 0.419. The summed E-state index contributed by atoms with van der Waals surface area (Å²) >= 11 is 1.89. The van der Waals surface area contributed by atoms with E-state index in [0.717, 1.165) is 48.0 Å². The number of aliphatic hydroxyl groups excluding tert-OH is 1. The number of thiophene rings is 1. The normalized spacial score (nSPS) is 13.9. The number of hydrogen-bond acceptors (Lipinski definition) is 5. The molecule has 6 heteroatoms. The summed E-state index contributed by atoms with van der Waals surface area (Å²) in [5.41, 5.74) is 6.60. The van der Waals surface area contributed by atoms with Gasteiger partial charge in [-0.15, -0.1) is 40.7 Å². The van der Waals surface area contributed by atoms with Gasteiger partial charge in [-0.05, 0) is 71.7 Å². The van der Waals surface area contributed by atoms with Crippen LogP contribution >= 0.6 is 11.3 Å². The Hall–Kier alpha value is -3.18. The van der Waals surface area contributed by atoms with Crippen molar-refractivity contribution in [3.05, 3.63) is 95.4 Å². The van der Waals surface area contributed by atoms with Crippen LogP contribution < -0.4 is 0 Å². The molecule has 4 nitrogen and oxygen atoms in total. The summed E-state index contributed by atoms with van der Waals surface area (Å²) in [6.45, 7) is 21.2. The van der Waals surface area contributed by atoms with Crippen LogP contribution in [0, 0.1) is 16.9 Å². The third kappa shape index (κ3) is 7.07. The van der Waals surface area contributed by atoms with Gasteiger partial charge in [0.2, 0.25) is 0 Å². The van der Waals surface area contributed by atoms with Gasteiger partial charge in [0.05, 0.1) is 11.3 Å². The summed E-state index contributed by atoms with van der Waals surface area (Å²) in [7, 11) is 0. The predicted octanol–water partition coefficient (Wildman–Crippen LogP) is 12.4. The number of allylic oxidation sites excluding steroid dienone is 2. The molecule has 0 saturated carbocycles. The molecule has 1 radical (unpaired) electrons. The van der Waals surface area contributed by atoms with E-state index in [1.165, 1.54) is 43.3 Å². The van der Waals surface area contributed by atoms with E-state index in [1.54, 1.807) is 0 Å². The Morgan fingerprint density at radius 3 is 2.24 bits per heavy atom. The largest absolute Gasteiger partial charge is 0.512 e. The summed E-state index contributed by atoms with van der Waals surface area (Å²) in [4.78, 5) is 23.3. The Kier molecular flexibility index (Phi) is 11.8. The fourth-order valence-electron chi connectivity index (χ4n) is 6.71. The maximum absolute atomic E-state index is 12.2. The van der Waals surface area contributed by atoms with Crippen molar-refractivity contribution in [2.45, 2.75) is 106 Å². The predicted molar refractivity (Wildman–Crippen MR) is 204 cm³/mol. The number of ketones is 1. The second kappa shape index (κ2) is 15.0. The molecule has 261 valence electrons. The first-order valence-corrected chi connectivity index (χ1v) is 18.4. The van der Waals surface area contributed by atoms with Gasteiger partial charge in [0.1, 0.15) is 5.76 Å². The van der Waals surface area contributed by atoms with Crippen molar-refractivity contribution in [2.75, 3.05) is 0 Å². The van der Waals surface area contributed by atoms with Gasteiger partial charge in [-0.3, -0.25) is 14.8 Å². The Balaban J connectivity index is 0.000000260. The first-order chi connectivity index (χ1) is 22.7. The standard InChI is InChI=1S/C28H23N2S.C15H28O2.Ir/c1-16(2)17-12-13-22-18(14-17)15-29-27(30-22)21-10-7-9-20-24(21)28(3,4)25-19-8-5-6-11-23(19)31-26(20)25;1-7-14(5,8-2)12(16)11-13(17)15(6,9-3)10-4;/h5-9,11-16H,1-4H3;11,16H,7-10H2,1-6H3;/q-1;;/b;12-11-;. The third-order valence-electron chi connectivity index (χ3n) is 11.2. The number of nitrogens with zero attached hydrogens (tertiary/aromatic N) is 2. The van der Waals surface area contributed by atoms with E-state index >= 15 is 0 Å². The van der Waals surface area contributed by atoms with Gasteiger partial charge in [-0.2, -0.15) is 0 Å². The molecular formula is C43H51IrN2O2S-. The number of aliphatic hydroxyl groups is 1. The number of fused-ring (bicyclic) bond motifs is 6. The van der Waals surface area contributed by atoms with Crippen LogP contribution in [0.5, 0.6) is 0 Å². The monoisotopic (exact) mass is 852 g/mol. The maximum Gasteiger partial charge on any atom is 0.164 e. The molecule has 0 spiro atoms. The Morgan fingerprint density at radius 2 is 1.61 bits per heavy atom. The molecular weight excluding hydrogens is 801 g/mol. The molecule has 0 saturated heterocycles. The maximum atomic E-state index is 12.2. The minimum atomic E-state index is -0.337. The van der Waals surface area contributed by atoms with Gasteiger partial charge >= 0.3 is 0 Å². The van der Waals surface area contributed by atoms with Crippen molar-refractivity contribution in [1.29, 1.82) is 0 Å². The molecule has 1 aliphatic carbocycles. The molecule has 2 heterocycles. The quantitative estimate of drug-likeness (QED) is 0.0911. The van der Waals surface area contributed by atoms with E-state index in [0.29, 0.717) is 5.92 Å². The van der Waals surface area contributed by atoms with E-state index in [4.69, 9.17) is 9.97 Å². The zero-order valence-corrected chi connectivity index (χ0v) is 34.0. The smallest absolute Gasteiger partial charge is 0.164 e. The number of rotatable bonds is 9. The van der Waals surface area contributed by atoms with Crippen molar-refractivity contribution in [1.82, 2.24) is 9.97 Å².